The standard InChI is InChI=1S/C18H20N2O5/c1-11-9-13(5-7-15(11)19(3)17(21)22)25-14-6-8-16(12(2)10-14)20(4)18(23)24/h5-10H,1-4H3,(H,21,22)(H,23,24). The lowest BCUT2D eigenvalue weighted by atomic mass is 10.1. The van der Waals surface area contributed by atoms with Crippen LogP contribution in [0.5, 0.6) is 11.5 Å². The van der Waals surface area contributed by atoms with Crippen LogP contribution in [0.1, 0.15) is 11.1 Å². The molecule has 25 heavy (non-hydrogen) atoms. The van der Waals surface area contributed by atoms with Crippen molar-refractivity contribution in [3.63, 3.8) is 0 Å². The second-order valence-corrected chi connectivity index (χ2v) is 5.68. The minimum absolute atomic E-state index is 0.568. The van der Waals surface area contributed by atoms with Crippen molar-refractivity contribution in [2.75, 3.05) is 23.9 Å². The lowest BCUT2D eigenvalue weighted by Gasteiger charge is -2.18. The monoisotopic (exact) mass is 344 g/mol. The molecule has 0 aliphatic rings. The molecule has 0 atom stereocenters. The summed E-state index contributed by atoms with van der Waals surface area (Å²) in [4.78, 5) is 24.4. The molecule has 0 saturated carbocycles. The van der Waals surface area contributed by atoms with Gasteiger partial charge in [0, 0.05) is 25.5 Å². The molecule has 0 bridgehead atoms. The largest absolute Gasteiger partial charge is 0.465 e. The number of nitrogens with zero attached hydrogens (tertiary/aromatic N) is 2. The van der Waals surface area contributed by atoms with Crippen molar-refractivity contribution in [1.82, 2.24) is 0 Å². The molecule has 0 saturated heterocycles. The summed E-state index contributed by atoms with van der Waals surface area (Å²) in [7, 11) is 2.96. The van der Waals surface area contributed by atoms with Gasteiger partial charge in [-0.25, -0.2) is 9.59 Å². The van der Waals surface area contributed by atoms with E-state index in [1.165, 1.54) is 14.1 Å². The molecule has 0 unspecified atom stereocenters. The van der Waals surface area contributed by atoms with Gasteiger partial charge < -0.3 is 14.9 Å². The Morgan fingerprint density at radius 2 is 1.16 bits per heavy atom. The molecule has 0 aromatic heterocycles. The molecule has 0 radical (unpaired) electrons. The fourth-order valence-corrected chi connectivity index (χ4v) is 2.48. The summed E-state index contributed by atoms with van der Waals surface area (Å²) in [5.74, 6) is 1.14. The predicted octanol–water partition coefficient (Wildman–Crippen LogP) is 4.32. The van der Waals surface area contributed by atoms with E-state index < -0.39 is 12.2 Å². The Balaban J connectivity index is 2.23. The number of rotatable bonds is 4. The van der Waals surface area contributed by atoms with Crippen LogP contribution in [-0.2, 0) is 0 Å². The van der Waals surface area contributed by atoms with Gasteiger partial charge in [-0.3, -0.25) is 9.80 Å². The number of ether oxygens (including phenoxy) is 1. The van der Waals surface area contributed by atoms with Crippen molar-refractivity contribution < 1.29 is 24.5 Å². The Bertz CT molecular complexity index is 752. The van der Waals surface area contributed by atoms with Gasteiger partial charge in [-0.2, -0.15) is 0 Å². The molecule has 0 fully saturated rings. The molecule has 0 aliphatic carbocycles. The molecular weight excluding hydrogens is 324 g/mol. The van der Waals surface area contributed by atoms with Gasteiger partial charge in [-0.1, -0.05) is 0 Å². The molecule has 0 spiro atoms. The summed E-state index contributed by atoms with van der Waals surface area (Å²) in [6.45, 7) is 3.61. The van der Waals surface area contributed by atoms with Crippen molar-refractivity contribution in [2.45, 2.75) is 13.8 Å². The zero-order chi connectivity index (χ0) is 18.7. The topological polar surface area (TPSA) is 90.3 Å². The Morgan fingerprint density at radius 1 is 0.800 bits per heavy atom. The molecule has 132 valence electrons. The van der Waals surface area contributed by atoms with E-state index in [0.717, 1.165) is 20.9 Å². The number of carbonyl (C=O) groups is 2. The van der Waals surface area contributed by atoms with Crippen LogP contribution in [-0.4, -0.2) is 36.5 Å². The molecular formula is C18H20N2O5. The van der Waals surface area contributed by atoms with Gasteiger partial charge >= 0.3 is 12.2 Å². The Kier molecular flexibility index (Phi) is 5.17. The number of aryl methyl sites for hydroxylation is 2. The van der Waals surface area contributed by atoms with Crippen molar-refractivity contribution in [1.29, 1.82) is 0 Å². The van der Waals surface area contributed by atoms with Gasteiger partial charge in [0.05, 0.1) is 0 Å². The van der Waals surface area contributed by atoms with Gasteiger partial charge in [0.15, 0.2) is 0 Å². The van der Waals surface area contributed by atoms with E-state index in [2.05, 4.69) is 0 Å². The van der Waals surface area contributed by atoms with Crippen LogP contribution in [0.2, 0.25) is 0 Å². The first-order chi connectivity index (χ1) is 11.7. The maximum Gasteiger partial charge on any atom is 0.411 e. The van der Waals surface area contributed by atoms with E-state index in [-0.39, 0.29) is 0 Å². The first-order valence-electron chi connectivity index (χ1n) is 7.53. The minimum atomic E-state index is -1.04. The second-order valence-electron chi connectivity index (χ2n) is 5.68. The average molecular weight is 344 g/mol. The quantitative estimate of drug-likeness (QED) is 0.862. The van der Waals surface area contributed by atoms with Crippen LogP contribution in [0.3, 0.4) is 0 Å². The fourth-order valence-electron chi connectivity index (χ4n) is 2.48. The molecule has 2 amide bonds. The molecule has 2 rings (SSSR count). The Hall–Kier alpha value is -3.22. The van der Waals surface area contributed by atoms with Crippen LogP contribution in [0.25, 0.3) is 0 Å². The van der Waals surface area contributed by atoms with Crippen molar-refractivity contribution >= 4 is 23.6 Å². The number of hydrogen-bond donors (Lipinski definition) is 2. The van der Waals surface area contributed by atoms with Gasteiger partial charge in [0.1, 0.15) is 11.5 Å². The smallest absolute Gasteiger partial charge is 0.411 e. The highest BCUT2D eigenvalue weighted by atomic mass is 16.5. The number of hydrogen-bond acceptors (Lipinski definition) is 3. The zero-order valence-electron chi connectivity index (χ0n) is 14.5. The maximum atomic E-state index is 11.0. The van der Waals surface area contributed by atoms with Gasteiger partial charge in [0.2, 0.25) is 0 Å². The zero-order valence-corrected chi connectivity index (χ0v) is 14.5. The van der Waals surface area contributed by atoms with Crippen LogP contribution in [0, 0.1) is 13.8 Å². The van der Waals surface area contributed by atoms with E-state index in [9.17, 15) is 9.59 Å². The summed E-state index contributed by atoms with van der Waals surface area (Å²) >= 11 is 0. The van der Waals surface area contributed by atoms with Crippen molar-refractivity contribution in [3.8, 4) is 11.5 Å². The third-order valence-corrected chi connectivity index (χ3v) is 3.87. The maximum absolute atomic E-state index is 11.0. The summed E-state index contributed by atoms with van der Waals surface area (Å²) in [5, 5.41) is 18.1. The molecule has 0 aliphatic heterocycles. The van der Waals surface area contributed by atoms with Crippen LogP contribution in [0.4, 0.5) is 21.0 Å². The third-order valence-electron chi connectivity index (χ3n) is 3.87. The average Bonchev–Trinajstić information content (AvgIpc) is 2.53. The summed E-state index contributed by atoms with van der Waals surface area (Å²) < 4.78 is 5.80. The second kappa shape index (κ2) is 7.12. The highest BCUT2D eigenvalue weighted by Gasteiger charge is 2.14. The molecule has 2 aromatic carbocycles. The lowest BCUT2D eigenvalue weighted by molar-refractivity contribution is 0.202. The fraction of sp³-hybridized carbons (Fsp3) is 0.222. The molecule has 2 aromatic rings. The normalized spacial score (nSPS) is 10.2. The molecule has 0 heterocycles. The van der Waals surface area contributed by atoms with Crippen molar-refractivity contribution in [2.24, 2.45) is 0 Å². The number of anilines is 2. The van der Waals surface area contributed by atoms with E-state index in [4.69, 9.17) is 14.9 Å². The van der Waals surface area contributed by atoms with Crippen LogP contribution in [0.15, 0.2) is 36.4 Å². The van der Waals surface area contributed by atoms with Crippen molar-refractivity contribution in [3.05, 3.63) is 47.5 Å². The third kappa shape index (κ3) is 4.00. The van der Waals surface area contributed by atoms with Gasteiger partial charge in [-0.15, -0.1) is 0 Å². The van der Waals surface area contributed by atoms with E-state index in [0.29, 0.717) is 22.9 Å². The van der Waals surface area contributed by atoms with Gasteiger partial charge in [-0.05, 0) is 61.4 Å². The SMILES string of the molecule is Cc1cc(Oc2ccc(N(C)C(=O)O)c(C)c2)ccc1N(C)C(=O)O. The Morgan fingerprint density at radius 3 is 1.44 bits per heavy atom. The van der Waals surface area contributed by atoms with E-state index in [1.54, 1.807) is 50.2 Å². The summed E-state index contributed by atoms with van der Waals surface area (Å²) in [6.07, 6.45) is -2.07. The minimum Gasteiger partial charge on any atom is -0.465 e. The van der Waals surface area contributed by atoms with Crippen LogP contribution < -0.4 is 14.5 Å². The first kappa shape index (κ1) is 18.1. The number of benzene rings is 2. The predicted molar refractivity (Wildman–Crippen MR) is 95.3 cm³/mol. The van der Waals surface area contributed by atoms with Gasteiger partial charge in [0.25, 0.3) is 0 Å². The molecule has 2 N–H and O–H groups in total. The Labute approximate surface area is 145 Å². The number of carboxylic acid groups (broad SMARTS) is 2. The highest BCUT2D eigenvalue weighted by molar-refractivity contribution is 5.87. The summed E-state index contributed by atoms with van der Waals surface area (Å²) in [6, 6.07) is 10.2. The van der Waals surface area contributed by atoms with E-state index in [1.807, 2.05) is 0 Å². The van der Waals surface area contributed by atoms with E-state index >= 15 is 0 Å². The molecule has 7 nitrogen and oxygen atoms in total. The first-order valence-corrected chi connectivity index (χ1v) is 7.53. The van der Waals surface area contributed by atoms with Crippen LogP contribution >= 0.6 is 0 Å². The highest BCUT2D eigenvalue weighted by Crippen LogP contribution is 2.30. The number of amides is 2. The lowest BCUT2D eigenvalue weighted by Crippen LogP contribution is -2.24. The molecule has 7 heteroatoms. The summed E-state index contributed by atoms with van der Waals surface area (Å²) in [5.41, 5.74) is 2.69.